The van der Waals surface area contributed by atoms with E-state index in [0.29, 0.717) is 5.56 Å². The molecule has 0 aromatic heterocycles. The van der Waals surface area contributed by atoms with E-state index < -0.39 is 26.6 Å². The smallest absolute Gasteiger partial charge is 0.268 e. The van der Waals surface area contributed by atoms with Crippen molar-refractivity contribution in [1.29, 1.82) is 0 Å². The van der Waals surface area contributed by atoms with Crippen LogP contribution in [0.1, 0.15) is 37.4 Å². The first kappa shape index (κ1) is 26.3. The zero-order valence-electron chi connectivity index (χ0n) is 21.2. The summed E-state index contributed by atoms with van der Waals surface area (Å²) < 4.78 is 26.8. The molecule has 10 heteroatoms. The molecule has 0 spiro atoms. The van der Waals surface area contributed by atoms with Crippen LogP contribution in [0.25, 0.3) is 0 Å². The number of imide groups is 1. The van der Waals surface area contributed by atoms with Crippen LogP contribution in [0.4, 0.5) is 11.4 Å². The van der Waals surface area contributed by atoms with Crippen LogP contribution in [0.3, 0.4) is 0 Å². The average molecular weight is 559 g/mol. The molecule has 0 fully saturated rings. The van der Waals surface area contributed by atoms with E-state index in [4.69, 9.17) is 0 Å². The average Bonchev–Trinajstić information content (AvgIpc) is 3.15. The summed E-state index contributed by atoms with van der Waals surface area (Å²) >= 11 is 1.52. The van der Waals surface area contributed by atoms with E-state index >= 15 is 0 Å². The zero-order chi connectivity index (χ0) is 28.1. The number of benzene rings is 4. The summed E-state index contributed by atoms with van der Waals surface area (Å²) in [7, 11) is -3.98. The summed E-state index contributed by atoms with van der Waals surface area (Å²) in [6, 6.07) is 20.3. The molecule has 0 bridgehead atoms. The molecule has 5 rings (SSSR count). The normalized spacial score (nSPS) is 13.1. The van der Waals surface area contributed by atoms with Crippen molar-refractivity contribution >= 4 is 44.8 Å². The Balaban J connectivity index is 1.42. The molecular weight excluding hydrogens is 536 g/mol. The fourth-order valence-electron chi connectivity index (χ4n) is 4.35. The lowest BCUT2D eigenvalue weighted by atomic mass is 10.1. The molecule has 8 nitrogen and oxygen atoms in total. The molecule has 1 heterocycles. The number of carbonyl (C=O) groups is 2. The van der Waals surface area contributed by atoms with Crippen LogP contribution in [0, 0.1) is 30.9 Å². The molecular formula is C29H22N2O6S2. The Bertz CT molecular complexity index is 1800. The van der Waals surface area contributed by atoms with Gasteiger partial charge < -0.3 is 0 Å². The topological polar surface area (TPSA) is 115 Å². The van der Waals surface area contributed by atoms with Gasteiger partial charge in [-0.2, -0.15) is 0 Å². The predicted molar refractivity (Wildman–Crippen MR) is 147 cm³/mol. The van der Waals surface area contributed by atoms with Crippen molar-refractivity contribution in [1.82, 2.24) is 0 Å². The predicted octanol–water partition coefficient (Wildman–Crippen LogP) is 6.30. The molecule has 1 aliphatic heterocycles. The van der Waals surface area contributed by atoms with Gasteiger partial charge in [-0.25, -0.2) is 13.3 Å². The van der Waals surface area contributed by atoms with Gasteiger partial charge in [-0.3, -0.25) is 19.7 Å². The fourth-order valence-corrected chi connectivity index (χ4v) is 6.55. The van der Waals surface area contributed by atoms with Crippen molar-refractivity contribution < 1.29 is 22.9 Å². The molecule has 196 valence electrons. The maximum Gasteiger partial charge on any atom is 0.269 e. The van der Waals surface area contributed by atoms with E-state index in [1.807, 2.05) is 26.0 Å². The standard InChI is InChI=1S/C29H22N2O6S2/c1-17-4-6-22(15-18(17)2)38-21-7-9-23(10-8-21)39(36,37)24-11-12-25-26(16-24)29(33)30(28(25)32)27-13-5-20(31(34)35)14-19(27)3/h4-16H,1-3H3. The van der Waals surface area contributed by atoms with Gasteiger partial charge in [0.2, 0.25) is 9.84 Å². The Morgan fingerprint density at radius 3 is 1.97 bits per heavy atom. The van der Waals surface area contributed by atoms with Crippen LogP contribution >= 0.6 is 11.8 Å². The van der Waals surface area contributed by atoms with Crippen LogP contribution < -0.4 is 4.90 Å². The quantitative estimate of drug-likeness (QED) is 0.155. The first-order valence-electron chi connectivity index (χ1n) is 11.9. The Labute approximate surface area is 229 Å². The number of sulfone groups is 1. The van der Waals surface area contributed by atoms with Gasteiger partial charge in [0.1, 0.15) is 0 Å². The Morgan fingerprint density at radius 2 is 1.33 bits per heavy atom. The maximum atomic E-state index is 13.4. The van der Waals surface area contributed by atoms with E-state index in [-0.39, 0.29) is 32.3 Å². The molecule has 39 heavy (non-hydrogen) atoms. The number of rotatable bonds is 6. The lowest BCUT2D eigenvalue weighted by Gasteiger charge is -2.16. The summed E-state index contributed by atoms with van der Waals surface area (Å²) in [5.41, 5.74) is 2.79. The minimum Gasteiger partial charge on any atom is -0.268 e. The zero-order valence-corrected chi connectivity index (χ0v) is 22.8. The summed E-state index contributed by atoms with van der Waals surface area (Å²) in [5, 5.41) is 11.1. The number of nitrogens with zero attached hydrogens (tertiary/aromatic N) is 2. The highest BCUT2D eigenvalue weighted by Gasteiger charge is 2.38. The van der Waals surface area contributed by atoms with Crippen LogP contribution in [-0.4, -0.2) is 25.2 Å². The second kappa shape index (κ2) is 9.79. The number of carbonyl (C=O) groups excluding carboxylic acids is 2. The lowest BCUT2D eigenvalue weighted by Crippen LogP contribution is -2.30. The molecule has 4 aromatic rings. The van der Waals surface area contributed by atoms with Gasteiger partial charge in [0.25, 0.3) is 17.5 Å². The van der Waals surface area contributed by atoms with Crippen molar-refractivity contribution in [2.24, 2.45) is 0 Å². The van der Waals surface area contributed by atoms with Gasteiger partial charge in [-0.1, -0.05) is 17.8 Å². The first-order chi connectivity index (χ1) is 18.5. The molecule has 0 aliphatic carbocycles. The molecule has 0 atom stereocenters. The van der Waals surface area contributed by atoms with Gasteiger partial charge in [0.05, 0.1) is 31.5 Å². The third-order valence-electron chi connectivity index (χ3n) is 6.65. The molecule has 2 amide bonds. The summed E-state index contributed by atoms with van der Waals surface area (Å²) in [5.74, 6) is -1.31. The Kier molecular flexibility index (Phi) is 6.61. The van der Waals surface area contributed by atoms with E-state index in [1.54, 1.807) is 19.1 Å². The number of hydrogen-bond donors (Lipinski definition) is 0. The number of fused-ring (bicyclic) bond motifs is 1. The fraction of sp³-hybridized carbons (Fsp3) is 0.103. The first-order valence-corrected chi connectivity index (χ1v) is 14.2. The monoisotopic (exact) mass is 558 g/mol. The van der Waals surface area contributed by atoms with Crippen LogP contribution in [0.5, 0.6) is 0 Å². The highest BCUT2D eigenvalue weighted by molar-refractivity contribution is 7.99. The Hall–Kier alpha value is -4.28. The molecule has 1 aliphatic rings. The highest BCUT2D eigenvalue weighted by Crippen LogP contribution is 2.35. The summed E-state index contributed by atoms with van der Waals surface area (Å²) in [6.07, 6.45) is 0. The molecule has 0 unspecified atom stereocenters. The lowest BCUT2D eigenvalue weighted by molar-refractivity contribution is -0.384. The van der Waals surface area contributed by atoms with Crippen LogP contribution in [-0.2, 0) is 9.84 Å². The Morgan fingerprint density at radius 1 is 0.692 bits per heavy atom. The van der Waals surface area contributed by atoms with E-state index in [9.17, 15) is 28.1 Å². The second-order valence-corrected chi connectivity index (χ2v) is 12.3. The minimum atomic E-state index is -3.98. The molecule has 0 saturated carbocycles. The summed E-state index contributed by atoms with van der Waals surface area (Å²) in [4.78, 5) is 39.6. The van der Waals surface area contributed by atoms with Crippen molar-refractivity contribution in [2.45, 2.75) is 40.4 Å². The molecule has 0 saturated heterocycles. The van der Waals surface area contributed by atoms with Gasteiger partial charge in [0.15, 0.2) is 0 Å². The summed E-state index contributed by atoms with van der Waals surface area (Å²) in [6.45, 7) is 5.64. The maximum absolute atomic E-state index is 13.4. The third-order valence-corrected chi connectivity index (χ3v) is 9.41. The molecule has 0 N–H and O–H groups in total. The highest BCUT2D eigenvalue weighted by atomic mass is 32.2. The van der Waals surface area contributed by atoms with Gasteiger partial charge in [-0.05, 0) is 98.1 Å². The van der Waals surface area contributed by atoms with Gasteiger partial charge >= 0.3 is 0 Å². The van der Waals surface area contributed by atoms with Crippen molar-refractivity contribution in [3.63, 3.8) is 0 Å². The number of hydrogen-bond acceptors (Lipinski definition) is 7. The largest absolute Gasteiger partial charge is 0.269 e. The number of amides is 2. The van der Waals surface area contributed by atoms with E-state index in [0.717, 1.165) is 14.7 Å². The van der Waals surface area contributed by atoms with Crippen molar-refractivity contribution in [3.05, 3.63) is 117 Å². The second-order valence-electron chi connectivity index (χ2n) is 9.20. The van der Waals surface area contributed by atoms with E-state index in [1.165, 1.54) is 71.4 Å². The molecule has 0 radical (unpaired) electrons. The number of non-ortho nitro benzene ring substituents is 1. The van der Waals surface area contributed by atoms with Gasteiger partial charge in [-0.15, -0.1) is 0 Å². The van der Waals surface area contributed by atoms with Crippen molar-refractivity contribution in [3.8, 4) is 0 Å². The number of anilines is 1. The van der Waals surface area contributed by atoms with Crippen molar-refractivity contribution in [2.75, 3.05) is 4.90 Å². The van der Waals surface area contributed by atoms with Gasteiger partial charge in [0, 0.05) is 21.9 Å². The van der Waals surface area contributed by atoms with Crippen LogP contribution in [0.15, 0.2) is 98.4 Å². The minimum absolute atomic E-state index is 0.0410. The number of nitro benzene ring substituents is 1. The number of nitro groups is 1. The SMILES string of the molecule is Cc1ccc(Sc2ccc(S(=O)(=O)c3ccc4c(c3)C(=O)N(c3ccc([N+](=O)[O-])cc3C)C4=O)cc2)cc1C. The number of aryl methyl sites for hydroxylation is 3. The van der Waals surface area contributed by atoms with Crippen LogP contribution in [0.2, 0.25) is 0 Å². The third kappa shape index (κ3) is 4.73. The molecule has 4 aromatic carbocycles. The van der Waals surface area contributed by atoms with E-state index in [2.05, 4.69) is 6.07 Å².